The van der Waals surface area contributed by atoms with Crippen molar-refractivity contribution >= 4 is 23.1 Å². The zero-order valence-electron chi connectivity index (χ0n) is 17.8. The van der Waals surface area contributed by atoms with E-state index >= 15 is 0 Å². The van der Waals surface area contributed by atoms with Gasteiger partial charge in [0.05, 0.1) is 4.92 Å². The van der Waals surface area contributed by atoms with Crippen molar-refractivity contribution in [3.8, 4) is 11.5 Å². The summed E-state index contributed by atoms with van der Waals surface area (Å²) in [5.41, 5.74) is 2.34. The quantitative estimate of drug-likeness (QED) is 0.521. The highest BCUT2D eigenvalue weighted by molar-refractivity contribution is 6.07. The minimum absolute atomic E-state index is 0.0262. The molecule has 0 spiro atoms. The highest BCUT2D eigenvalue weighted by atomic mass is 16.7. The Hall–Kier alpha value is -3.68. The number of non-ortho nitro benzene ring substituents is 1. The third-order valence-electron chi connectivity index (χ3n) is 6.26. The molecule has 2 aliphatic heterocycles. The number of ether oxygens (including phenoxy) is 2. The van der Waals surface area contributed by atoms with E-state index in [1.807, 2.05) is 32.0 Å². The van der Waals surface area contributed by atoms with Gasteiger partial charge in [-0.25, -0.2) is 0 Å². The second kappa shape index (κ2) is 7.19. The summed E-state index contributed by atoms with van der Waals surface area (Å²) in [7, 11) is 0. The monoisotopic (exact) mass is 434 g/mol. The molecule has 0 aromatic heterocycles. The van der Waals surface area contributed by atoms with Gasteiger partial charge in [0, 0.05) is 47.8 Å². The van der Waals surface area contributed by atoms with E-state index in [4.69, 9.17) is 9.47 Å². The normalized spacial score (nSPS) is 21.6. The largest absolute Gasteiger partial charge is 0.454 e. The second-order valence-electron chi connectivity index (χ2n) is 9.17. The molecular weight excluding hydrogens is 412 g/mol. The van der Waals surface area contributed by atoms with Crippen LogP contribution in [-0.2, 0) is 9.59 Å². The molecular formula is C24H22N2O6. The number of hydrogen-bond acceptors (Lipinski definition) is 6. The van der Waals surface area contributed by atoms with Crippen molar-refractivity contribution < 1.29 is 24.0 Å². The summed E-state index contributed by atoms with van der Waals surface area (Å²) in [5.74, 6) is 0.765. The molecule has 0 fully saturated rings. The molecule has 3 aliphatic rings. The number of rotatable bonds is 3. The van der Waals surface area contributed by atoms with Gasteiger partial charge in [-0.1, -0.05) is 19.9 Å². The van der Waals surface area contributed by atoms with Crippen molar-refractivity contribution in [3.05, 3.63) is 69.4 Å². The van der Waals surface area contributed by atoms with Crippen molar-refractivity contribution in [1.29, 1.82) is 0 Å². The van der Waals surface area contributed by atoms with Gasteiger partial charge in [0.15, 0.2) is 17.3 Å². The molecule has 32 heavy (non-hydrogen) atoms. The van der Waals surface area contributed by atoms with Gasteiger partial charge in [-0.3, -0.25) is 24.6 Å². The molecule has 1 amide bonds. The molecule has 1 atom stereocenters. The zero-order valence-corrected chi connectivity index (χ0v) is 17.8. The minimum Gasteiger partial charge on any atom is -0.454 e. The Bertz CT molecular complexity index is 1180. The van der Waals surface area contributed by atoms with E-state index in [1.54, 1.807) is 17.0 Å². The van der Waals surface area contributed by atoms with E-state index in [-0.39, 0.29) is 41.9 Å². The summed E-state index contributed by atoms with van der Waals surface area (Å²) in [5, 5.41) is 11.0. The van der Waals surface area contributed by atoms with E-state index in [2.05, 4.69) is 0 Å². The number of carbonyl (C=O) groups is 2. The summed E-state index contributed by atoms with van der Waals surface area (Å²) in [6.07, 6.45) is 1.08. The van der Waals surface area contributed by atoms with Crippen LogP contribution in [0.1, 0.15) is 44.6 Å². The summed E-state index contributed by atoms with van der Waals surface area (Å²) < 4.78 is 10.9. The lowest BCUT2D eigenvalue weighted by molar-refractivity contribution is -0.384. The first kappa shape index (κ1) is 20.2. The number of amides is 1. The Morgan fingerprint density at radius 3 is 2.47 bits per heavy atom. The molecule has 1 unspecified atom stereocenters. The number of hydrogen-bond donors (Lipinski definition) is 0. The summed E-state index contributed by atoms with van der Waals surface area (Å²) in [6, 6.07) is 11.4. The van der Waals surface area contributed by atoms with Crippen LogP contribution in [0.3, 0.4) is 0 Å². The lowest BCUT2D eigenvalue weighted by Crippen LogP contribution is -2.43. The summed E-state index contributed by atoms with van der Waals surface area (Å²) in [6.45, 7) is 4.17. The van der Waals surface area contributed by atoms with Crippen LogP contribution in [0.25, 0.3) is 0 Å². The number of nitro groups is 1. The number of Topliss-reactive ketones (excluding diaryl/α,β-unsaturated/α-hetero) is 1. The fourth-order valence-corrected chi connectivity index (χ4v) is 4.85. The maximum atomic E-state index is 13.4. The number of benzene rings is 2. The number of ketones is 1. The van der Waals surface area contributed by atoms with Crippen LogP contribution in [0, 0.1) is 15.5 Å². The van der Waals surface area contributed by atoms with Crippen LogP contribution in [0.5, 0.6) is 11.5 Å². The third-order valence-corrected chi connectivity index (χ3v) is 6.26. The average Bonchev–Trinajstić information content (AvgIpc) is 3.20. The number of allylic oxidation sites excluding steroid dienone is 2. The van der Waals surface area contributed by atoms with E-state index in [9.17, 15) is 19.7 Å². The zero-order chi connectivity index (χ0) is 22.6. The van der Waals surface area contributed by atoms with Crippen molar-refractivity contribution in [1.82, 2.24) is 0 Å². The molecule has 8 heteroatoms. The van der Waals surface area contributed by atoms with Crippen LogP contribution < -0.4 is 14.4 Å². The van der Waals surface area contributed by atoms with Crippen LogP contribution in [-0.4, -0.2) is 23.4 Å². The van der Waals surface area contributed by atoms with Crippen LogP contribution in [0.15, 0.2) is 53.7 Å². The van der Waals surface area contributed by atoms with E-state index < -0.39 is 4.92 Å². The average molecular weight is 434 g/mol. The maximum Gasteiger partial charge on any atom is 0.269 e. The van der Waals surface area contributed by atoms with Crippen molar-refractivity contribution in [2.75, 3.05) is 11.7 Å². The van der Waals surface area contributed by atoms with Crippen molar-refractivity contribution in [2.24, 2.45) is 5.41 Å². The molecule has 0 radical (unpaired) electrons. The predicted octanol–water partition coefficient (Wildman–Crippen LogP) is 4.49. The molecule has 0 N–H and O–H groups in total. The van der Waals surface area contributed by atoms with Crippen molar-refractivity contribution in [2.45, 2.75) is 39.0 Å². The van der Waals surface area contributed by atoms with Crippen LogP contribution >= 0.6 is 0 Å². The highest BCUT2D eigenvalue weighted by Gasteiger charge is 2.44. The molecule has 2 aromatic carbocycles. The molecule has 0 bridgehead atoms. The first-order chi connectivity index (χ1) is 15.2. The van der Waals surface area contributed by atoms with Gasteiger partial charge < -0.3 is 9.47 Å². The van der Waals surface area contributed by atoms with Gasteiger partial charge in [-0.15, -0.1) is 0 Å². The first-order valence-electron chi connectivity index (χ1n) is 10.5. The minimum atomic E-state index is -0.477. The predicted molar refractivity (Wildman–Crippen MR) is 116 cm³/mol. The number of anilines is 1. The molecule has 8 nitrogen and oxygen atoms in total. The Balaban J connectivity index is 1.63. The fraction of sp³-hybridized carbons (Fsp3) is 0.333. The Morgan fingerprint density at radius 1 is 1.03 bits per heavy atom. The van der Waals surface area contributed by atoms with E-state index in [1.165, 1.54) is 12.1 Å². The van der Waals surface area contributed by atoms with Crippen LogP contribution in [0.2, 0.25) is 0 Å². The molecule has 0 saturated heterocycles. The van der Waals surface area contributed by atoms with Crippen LogP contribution in [0.4, 0.5) is 11.4 Å². The molecule has 1 aliphatic carbocycles. The lowest BCUT2D eigenvalue weighted by atomic mass is 9.69. The van der Waals surface area contributed by atoms with Gasteiger partial charge in [0.25, 0.3) is 5.69 Å². The third kappa shape index (κ3) is 3.32. The molecule has 0 saturated carbocycles. The SMILES string of the molecule is CC1(C)CC(=O)C2=C(C1)N(c1ccc([N+](=O)[O-])cc1)C(=O)CC2c1ccc2c(c1)OCO2. The van der Waals surface area contributed by atoms with Gasteiger partial charge in [0.2, 0.25) is 12.7 Å². The second-order valence-corrected chi connectivity index (χ2v) is 9.17. The number of nitro benzene ring substituents is 1. The molecule has 5 rings (SSSR count). The first-order valence-corrected chi connectivity index (χ1v) is 10.5. The van der Waals surface area contributed by atoms with Gasteiger partial charge in [-0.2, -0.15) is 0 Å². The Labute approximate surface area is 184 Å². The Morgan fingerprint density at radius 2 is 1.75 bits per heavy atom. The number of nitrogens with zero attached hydrogens (tertiary/aromatic N) is 2. The number of fused-ring (bicyclic) bond motifs is 1. The smallest absolute Gasteiger partial charge is 0.269 e. The van der Waals surface area contributed by atoms with E-state index in [0.717, 1.165) is 5.56 Å². The molecule has 2 aromatic rings. The molecule has 164 valence electrons. The maximum absolute atomic E-state index is 13.4. The van der Waals surface area contributed by atoms with Gasteiger partial charge in [-0.05, 0) is 41.7 Å². The summed E-state index contributed by atoms with van der Waals surface area (Å²) >= 11 is 0. The Kier molecular flexibility index (Phi) is 4.54. The summed E-state index contributed by atoms with van der Waals surface area (Å²) in [4.78, 5) is 38.9. The standard InChI is InChI=1S/C24H22N2O6/c1-24(2)11-18-23(19(27)12-24)17(14-3-8-20-21(9-14)32-13-31-20)10-22(28)25(18)15-4-6-16(7-5-15)26(29)30/h3-9,17H,10-13H2,1-2H3. The number of carbonyl (C=O) groups excluding carboxylic acids is 2. The molecule has 2 heterocycles. The van der Waals surface area contributed by atoms with E-state index in [0.29, 0.717) is 41.3 Å². The topological polar surface area (TPSA) is 99.0 Å². The highest BCUT2D eigenvalue weighted by Crippen LogP contribution is 2.49. The van der Waals surface area contributed by atoms with Gasteiger partial charge in [0.1, 0.15) is 0 Å². The lowest BCUT2D eigenvalue weighted by Gasteiger charge is -2.43. The fourth-order valence-electron chi connectivity index (χ4n) is 4.85. The van der Waals surface area contributed by atoms with Crippen molar-refractivity contribution in [3.63, 3.8) is 0 Å². The van der Waals surface area contributed by atoms with Gasteiger partial charge >= 0.3 is 0 Å².